The Hall–Kier alpha value is -2.69. The molecule has 1 fully saturated rings. The topological polar surface area (TPSA) is 44.8 Å². The minimum atomic E-state index is -0.0513. The summed E-state index contributed by atoms with van der Waals surface area (Å²) in [5.74, 6) is 0.811. The van der Waals surface area contributed by atoms with Crippen LogP contribution in [-0.4, -0.2) is 43.2 Å². The number of ether oxygens (including phenoxy) is 1. The number of anilines is 2. The number of urea groups is 1. The van der Waals surface area contributed by atoms with Gasteiger partial charge in [0.15, 0.2) is 0 Å². The predicted octanol–water partition coefficient (Wildman–Crippen LogP) is 4.14. The Morgan fingerprint density at radius 3 is 2.42 bits per heavy atom. The van der Waals surface area contributed by atoms with E-state index in [0.29, 0.717) is 19.7 Å². The van der Waals surface area contributed by atoms with Gasteiger partial charge in [-0.1, -0.05) is 17.7 Å². The van der Waals surface area contributed by atoms with E-state index in [1.165, 1.54) is 11.3 Å². The fourth-order valence-electron chi connectivity index (χ4n) is 3.27. The molecule has 2 aromatic rings. The molecule has 0 radical (unpaired) electrons. The largest absolute Gasteiger partial charge is 0.494 e. The minimum Gasteiger partial charge on any atom is -0.494 e. The summed E-state index contributed by atoms with van der Waals surface area (Å²) in [6.45, 7) is 9.09. The van der Waals surface area contributed by atoms with E-state index >= 15 is 0 Å². The van der Waals surface area contributed by atoms with Crippen LogP contribution in [0.1, 0.15) is 19.4 Å². The van der Waals surface area contributed by atoms with Gasteiger partial charge in [0.25, 0.3) is 0 Å². The van der Waals surface area contributed by atoms with Crippen molar-refractivity contribution in [1.29, 1.82) is 0 Å². The summed E-state index contributed by atoms with van der Waals surface area (Å²) in [6.07, 6.45) is 0. The Morgan fingerprint density at radius 1 is 1.12 bits per heavy atom. The Labute approximate surface area is 155 Å². The van der Waals surface area contributed by atoms with Gasteiger partial charge in [0.1, 0.15) is 5.75 Å². The van der Waals surface area contributed by atoms with Crippen LogP contribution in [0.5, 0.6) is 5.75 Å². The van der Waals surface area contributed by atoms with Crippen molar-refractivity contribution in [1.82, 2.24) is 4.90 Å². The van der Waals surface area contributed by atoms with Crippen LogP contribution in [0.4, 0.5) is 16.2 Å². The van der Waals surface area contributed by atoms with Crippen LogP contribution in [0.3, 0.4) is 0 Å². The number of carbonyl (C=O) groups excluding carboxylic acids is 1. The fourth-order valence-corrected chi connectivity index (χ4v) is 3.27. The first-order valence-electron chi connectivity index (χ1n) is 9.19. The van der Waals surface area contributed by atoms with Crippen molar-refractivity contribution in [3.8, 4) is 5.75 Å². The Bertz CT molecular complexity index is 728. The summed E-state index contributed by atoms with van der Waals surface area (Å²) in [6, 6.07) is 16.3. The lowest BCUT2D eigenvalue weighted by Crippen LogP contribution is -2.54. The molecule has 1 atom stereocenters. The normalized spacial score (nSPS) is 17.1. The quantitative estimate of drug-likeness (QED) is 0.899. The maximum absolute atomic E-state index is 12.6. The van der Waals surface area contributed by atoms with E-state index in [1.807, 2.05) is 36.1 Å². The molecule has 1 heterocycles. The maximum Gasteiger partial charge on any atom is 0.321 e. The summed E-state index contributed by atoms with van der Waals surface area (Å²) < 4.78 is 5.43. The fraction of sp³-hybridized carbons (Fsp3) is 0.381. The molecule has 2 aromatic carbocycles. The minimum absolute atomic E-state index is 0.0513. The molecule has 2 amide bonds. The molecule has 0 spiro atoms. The molecule has 1 aliphatic heterocycles. The second-order valence-electron chi connectivity index (χ2n) is 6.71. The number of rotatable bonds is 4. The van der Waals surface area contributed by atoms with Crippen LogP contribution < -0.4 is 15.0 Å². The zero-order valence-corrected chi connectivity index (χ0v) is 15.7. The van der Waals surface area contributed by atoms with Crippen molar-refractivity contribution in [3.63, 3.8) is 0 Å². The van der Waals surface area contributed by atoms with Crippen molar-refractivity contribution in [2.24, 2.45) is 0 Å². The van der Waals surface area contributed by atoms with Crippen LogP contribution in [0, 0.1) is 6.92 Å². The van der Waals surface area contributed by atoms with Gasteiger partial charge >= 0.3 is 6.03 Å². The standard InChI is InChI=1S/C21H27N3O2/c1-4-26-20-11-7-18(8-12-20)22-21(25)23-13-14-24(17(3)15-23)19-9-5-16(2)6-10-19/h5-12,17H,4,13-15H2,1-3H3,(H,22,25). The molecule has 1 N–H and O–H groups in total. The van der Waals surface area contributed by atoms with Crippen LogP contribution >= 0.6 is 0 Å². The van der Waals surface area contributed by atoms with Crippen LogP contribution in [0.25, 0.3) is 0 Å². The van der Waals surface area contributed by atoms with E-state index in [4.69, 9.17) is 4.74 Å². The molecule has 0 aromatic heterocycles. The average molecular weight is 353 g/mol. The first kappa shape index (κ1) is 18.1. The number of hydrogen-bond acceptors (Lipinski definition) is 3. The zero-order chi connectivity index (χ0) is 18.5. The highest BCUT2D eigenvalue weighted by Gasteiger charge is 2.26. The van der Waals surface area contributed by atoms with Crippen molar-refractivity contribution < 1.29 is 9.53 Å². The van der Waals surface area contributed by atoms with Crippen LogP contribution in [-0.2, 0) is 0 Å². The number of aryl methyl sites for hydroxylation is 1. The molecular formula is C21H27N3O2. The molecule has 1 unspecified atom stereocenters. The number of hydrogen-bond donors (Lipinski definition) is 1. The molecule has 3 rings (SSSR count). The Kier molecular flexibility index (Phi) is 5.66. The highest BCUT2D eigenvalue weighted by atomic mass is 16.5. The van der Waals surface area contributed by atoms with E-state index < -0.39 is 0 Å². The first-order chi connectivity index (χ1) is 12.6. The molecule has 0 saturated carbocycles. The third-order valence-corrected chi connectivity index (χ3v) is 4.70. The molecular weight excluding hydrogens is 326 g/mol. The number of benzene rings is 2. The highest BCUT2D eigenvalue weighted by Crippen LogP contribution is 2.22. The molecule has 0 bridgehead atoms. The lowest BCUT2D eigenvalue weighted by Gasteiger charge is -2.41. The summed E-state index contributed by atoms with van der Waals surface area (Å²) in [5, 5.41) is 2.98. The molecule has 0 aliphatic carbocycles. The smallest absolute Gasteiger partial charge is 0.321 e. The van der Waals surface area contributed by atoms with Gasteiger partial charge in [-0.15, -0.1) is 0 Å². The number of nitrogens with zero attached hydrogens (tertiary/aromatic N) is 2. The molecule has 26 heavy (non-hydrogen) atoms. The predicted molar refractivity (Wildman–Crippen MR) is 106 cm³/mol. The van der Waals surface area contributed by atoms with Crippen molar-refractivity contribution in [2.75, 3.05) is 36.5 Å². The summed E-state index contributed by atoms with van der Waals surface area (Å²) in [7, 11) is 0. The zero-order valence-electron chi connectivity index (χ0n) is 15.7. The highest BCUT2D eigenvalue weighted by molar-refractivity contribution is 5.89. The van der Waals surface area contributed by atoms with Crippen LogP contribution in [0.15, 0.2) is 48.5 Å². The van der Waals surface area contributed by atoms with Gasteiger partial charge in [0.2, 0.25) is 0 Å². The molecule has 1 aliphatic rings. The van der Waals surface area contributed by atoms with E-state index in [0.717, 1.165) is 18.0 Å². The Morgan fingerprint density at radius 2 is 1.81 bits per heavy atom. The molecule has 1 saturated heterocycles. The van der Waals surface area contributed by atoms with Gasteiger partial charge in [-0.05, 0) is 57.2 Å². The van der Waals surface area contributed by atoms with Crippen molar-refractivity contribution in [3.05, 3.63) is 54.1 Å². The molecule has 5 nitrogen and oxygen atoms in total. The summed E-state index contributed by atoms with van der Waals surface area (Å²) in [4.78, 5) is 16.8. The lowest BCUT2D eigenvalue weighted by atomic mass is 10.1. The molecule has 5 heteroatoms. The average Bonchev–Trinajstić information content (AvgIpc) is 2.64. The van der Waals surface area contributed by atoms with E-state index in [1.54, 1.807) is 0 Å². The van der Waals surface area contributed by atoms with Gasteiger partial charge in [-0.2, -0.15) is 0 Å². The van der Waals surface area contributed by atoms with Gasteiger partial charge in [0.05, 0.1) is 6.61 Å². The second-order valence-corrected chi connectivity index (χ2v) is 6.71. The van der Waals surface area contributed by atoms with Gasteiger partial charge in [-0.3, -0.25) is 0 Å². The summed E-state index contributed by atoms with van der Waals surface area (Å²) >= 11 is 0. The monoisotopic (exact) mass is 353 g/mol. The third-order valence-electron chi connectivity index (χ3n) is 4.70. The van der Waals surface area contributed by atoms with E-state index in [-0.39, 0.29) is 12.1 Å². The second kappa shape index (κ2) is 8.13. The number of amides is 2. The SMILES string of the molecule is CCOc1ccc(NC(=O)N2CCN(c3ccc(C)cc3)C(C)C2)cc1. The number of nitrogens with one attached hydrogen (secondary N) is 1. The maximum atomic E-state index is 12.6. The lowest BCUT2D eigenvalue weighted by molar-refractivity contribution is 0.200. The van der Waals surface area contributed by atoms with Gasteiger partial charge < -0.3 is 19.9 Å². The van der Waals surface area contributed by atoms with Crippen molar-refractivity contribution in [2.45, 2.75) is 26.8 Å². The van der Waals surface area contributed by atoms with Crippen LogP contribution in [0.2, 0.25) is 0 Å². The van der Waals surface area contributed by atoms with Crippen molar-refractivity contribution >= 4 is 17.4 Å². The van der Waals surface area contributed by atoms with E-state index in [2.05, 4.69) is 48.3 Å². The Balaban J connectivity index is 1.57. The number of carbonyl (C=O) groups is 1. The first-order valence-corrected chi connectivity index (χ1v) is 9.19. The van der Waals surface area contributed by atoms with E-state index in [9.17, 15) is 4.79 Å². The third kappa shape index (κ3) is 4.28. The number of piperazine rings is 1. The summed E-state index contributed by atoms with van der Waals surface area (Å²) in [5.41, 5.74) is 3.26. The van der Waals surface area contributed by atoms with Gasteiger partial charge in [-0.25, -0.2) is 4.79 Å². The van der Waals surface area contributed by atoms with Gasteiger partial charge in [0, 0.05) is 37.1 Å². The molecule has 138 valence electrons.